The highest BCUT2D eigenvalue weighted by molar-refractivity contribution is 5.23. The van der Waals surface area contributed by atoms with Crippen molar-refractivity contribution in [1.29, 1.82) is 0 Å². The zero-order valence-electron chi connectivity index (χ0n) is 11.7. The molecule has 1 fully saturated rings. The molecule has 1 aliphatic carbocycles. The van der Waals surface area contributed by atoms with Crippen molar-refractivity contribution in [3.63, 3.8) is 0 Å². The Morgan fingerprint density at radius 2 is 1.84 bits per heavy atom. The summed E-state index contributed by atoms with van der Waals surface area (Å²) in [5.41, 5.74) is 4.98. The standard InChI is InChI=1S/C16H21N3/c1-12-9-13(2)19(18-12)11-15-5-3-14(4-6-15)10-17-16-7-8-16/h3-6,9,16-17H,7-8,10-11H2,1-2H3. The van der Waals surface area contributed by atoms with Crippen LogP contribution in [-0.4, -0.2) is 15.8 Å². The minimum Gasteiger partial charge on any atom is -0.310 e. The minimum absolute atomic E-state index is 0.773. The van der Waals surface area contributed by atoms with Gasteiger partial charge in [0.15, 0.2) is 0 Å². The maximum absolute atomic E-state index is 4.50. The molecule has 1 heterocycles. The number of aromatic nitrogens is 2. The van der Waals surface area contributed by atoms with E-state index in [-0.39, 0.29) is 0 Å². The summed E-state index contributed by atoms with van der Waals surface area (Å²) < 4.78 is 2.06. The largest absolute Gasteiger partial charge is 0.310 e. The summed E-state index contributed by atoms with van der Waals surface area (Å²) in [6, 6.07) is 11.7. The zero-order chi connectivity index (χ0) is 13.2. The summed E-state index contributed by atoms with van der Waals surface area (Å²) in [4.78, 5) is 0. The Hall–Kier alpha value is -1.61. The molecule has 0 radical (unpaired) electrons. The van der Waals surface area contributed by atoms with Crippen LogP contribution < -0.4 is 5.32 Å². The Morgan fingerprint density at radius 3 is 2.42 bits per heavy atom. The minimum atomic E-state index is 0.773. The first-order chi connectivity index (χ1) is 9.20. The van der Waals surface area contributed by atoms with E-state index in [2.05, 4.69) is 52.4 Å². The molecule has 1 saturated carbocycles. The summed E-state index contributed by atoms with van der Waals surface area (Å²) in [5.74, 6) is 0. The van der Waals surface area contributed by atoms with Crippen LogP contribution in [-0.2, 0) is 13.1 Å². The van der Waals surface area contributed by atoms with Gasteiger partial charge in [-0.15, -0.1) is 0 Å². The summed E-state index contributed by atoms with van der Waals surface area (Å²) in [6.45, 7) is 5.99. The van der Waals surface area contributed by atoms with Crippen molar-refractivity contribution in [2.75, 3.05) is 0 Å². The van der Waals surface area contributed by atoms with E-state index in [1.165, 1.54) is 29.7 Å². The van der Waals surface area contributed by atoms with Gasteiger partial charge in [-0.25, -0.2) is 0 Å². The Morgan fingerprint density at radius 1 is 1.16 bits per heavy atom. The number of benzene rings is 1. The van der Waals surface area contributed by atoms with Gasteiger partial charge in [0.05, 0.1) is 12.2 Å². The first-order valence-electron chi connectivity index (χ1n) is 7.03. The Bertz CT molecular complexity index is 550. The molecular formula is C16H21N3. The fourth-order valence-corrected chi connectivity index (χ4v) is 2.32. The molecular weight excluding hydrogens is 234 g/mol. The van der Waals surface area contributed by atoms with Gasteiger partial charge >= 0.3 is 0 Å². The molecule has 0 aliphatic heterocycles. The van der Waals surface area contributed by atoms with Crippen LogP contribution in [0.2, 0.25) is 0 Å². The molecule has 2 aromatic rings. The van der Waals surface area contributed by atoms with Crippen molar-refractivity contribution >= 4 is 0 Å². The molecule has 0 amide bonds. The van der Waals surface area contributed by atoms with Crippen LogP contribution in [0.15, 0.2) is 30.3 Å². The maximum Gasteiger partial charge on any atom is 0.0662 e. The predicted octanol–water partition coefficient (Wildman–Crippen LogP) is 2.80. The van der Waals surface area contributed by atoms with E-state index in [0.29, 0.717) is 0 Å². The maximum atomic E-state index is 4.50. The molecule has 3 nitrogen and oxygen atoms in total. The van der Waals surface area contributed by atoms with E-state index in [1.54, 1.807) is 0 Å². The Kier molecular flexibility index (Phi) is 3.38. The van der Waals surface area contributed by atoms with Gasteiger partial charge in [0.25, 0.3) is 0 Å². The SMILES string of the molecule is Cc1cc(C)n(Cc2ccc(CNC3CC3)cc2)n1. The third-order valence-electron chi connectivity index (χ3n) is 3.63. The van der Waals surface area contributed by atoms with E-state index in [4.69, 9.17) is 0 Å². The topological polar surface area (TPSA) is 29.9 Å². The second-order valence-corrected chi connectivity index (χ2v) is 5.56. The van der Waals surface area contributed by atoms with Gasteiger partial charge in [0.1, 0.15) is 0 Å². The highest BCUT2D eigenvalue weighted by Gasteiger charge is 2.19. The molecule has 1 N–H and O–H groups in total. The van der Waals surface area contributed by atoms with Gasteiger partial charge in [0.2, 0.25) is 0 Å². The van der Waals surface area contributed by atoms with Gasteiger partial charge < -0.3 is 5.32 Å². The van der Waals surface area contributed by atoms with Crippen molar-refractivity contribution in [1.82, 2.24) is 15.1 Å². The molecule has 1 aromatic carbocycles. The molecule has 1 aromatic heterocycles. The summed E-state index contributed by atoms with van der Waals surface area (Å²) in [6.07, 6.45) is 2.69. The second kappa shape index (κ2) is 5.17. The van der Waals surface area contributed by atoms with Crippen LogP contribution >= 0.6 is 0 Å². The van der Waals surface area contributed by atoms with Crippen molar-refractivity contribution < 1.29 is 0 Å². The van der Waals surface area contributed by atoms with Gasteiger partial charge in [0, 0.05) is 18.3 Å². The molecule has 0 spiro atoms. The second-order valence-electron chi connectivity index (χ2n) is 5.56. The third kappa shape index (κ3) is 3.24. The van der Waals surface area contributed by atoms with Crippen LogP contribution in [0, 0.1) is 13.8 Å². The monoisotopic (exact) mass is 255 g/mol. The van der Waals surface area contributed by atoms with Crippen LogP contribution in [0.4, 0.5) is 0 Å². The quantitative estimate of drug-likeness (QED) is 0.890. The van der Waals surface area contributed by atoms with Crippen LogP contribution in [0.3, 0.4) is 0 Å². The number of hydrogen-bond donors (Lipinski definition) is 1. The number of rotatable bonds is 5. The molecule has 0 bridgehead atoms. The number of nitrogens with zero attached hydrogens (tertiary/aromatic N) is 2. The van der Waals surface area contributed by atoms with E-state index < -0.39 is 0 Å². The van der Waals surface area contributed by atoms with Gasteiger partial charge in [-0.3, -0.25) is 4.68 Å². The van der Waals surface area contributed by atoms with Crippen molar-refractivity contribution in [3.8, 4) is 0 Å². The Balaban J connectivity index is 1.63. The predicted molar refractivity (Wildman–Crippen MR) is 77.1 cm³/mol. The first-order valence-corrected chi connectivity index (χ1v) is 7.03. The van der Waals surface area contributed by atoms with Crippen molar-refractivity contribution in [2.45, 2.75) is 45.8 Å². The lowest BCUT2D eigenvalue weighted by atomic mass is 10.1. The van der Waals surface area contributed by atoms with E-state index in [9.17, 15) is 0 Å². The summed E-state index contributed by atoms with van der Waals surface area (Å²) >= 11 is 0. The highest BCUT2D eigenvalue weighted by Crippen LogP contribution is 2.19. The van der Waals surface area contributed by atoms with E-state index in [1.807, 2.05) is 6.92 Å². The van der Waals surface area contributed by atoms with Crippen molar-refractivity contribution in [3.05, 3.63) is 52.8 Å². The number of aryl methyl sites for hydroxylation is 2. The van der Waals surface area contributed by atoms with Crippen LogP contribution in [0.25, 0.3) is 0 Å². The fraction of sp³-hybridized carbons (Fsp3) is 0.438. The third-order valence-corrected chi connectivity index (χ3v) is 3.63. The lowest BCUT2D eigenvalue weighted by Crippen LogP contribution is -2.15. The van der Waals surface area contributed by atoms with E-state index >= 15 is 0 Å². The fourth-order valence-electron chi connectivity index (χ4n) is 2.32. The molecule has 0 saturated heterocycles. The summed E-state index contributed by atoms with van der Waals surface area (Å²) in [7, 11) is 0. The van der Waals surface area contributed by atoms with Crippen LogP contribution in [0.5, 0.6) is 0 Å². The van der Waals surface area contributed by atoms with Gasteiger partial charge in [-0.1, -0.05) is 24.3 Å². The smallest absolute Gasteiger partial charge is 0.0662 e. The zero-order valence-corrected chi connectivity index (χ0v) is 11.7. The molecule has 1 aliphatic rings. The first kappa shape index (κ1) is 12.4. The average Bonchev–Trinajstić information content (AvgIpc) is 3.16. The number of nitrogens with one attached hydrogen (secondary N) is 1. The normalized spacial score (nSPS) is 14.8. The number of hydrogen-bond acceptors (Lipinski definition) is 2. The van der Waals surface area contributed by atoms with Gasteiger partial charge in [-0.05, 0) is 43.9 Å². The Labute approximate surface area is 114 Å². The molecule has 19 heavy (non-hydrogen) atoms. The van der Waals surface area contributed by atoms with Gasteiger partial charge in [-0.2, -0.15) is 5.10 Å². The van der Waals surface area contributed by atoms with Crippen molar-refractivity contribution in [2.24, 2.45) is 0 Å². The molecule has 3 heteroatoms. The lowest BCUT2D eigenvalue weighted by molar-refractivity contribution is 0.657. The van der Waals surface area contributed by atoms with Crippen LogP contribution in [0.1, 0.15) is 35.4 Å². The summed E-state index contributed by atoms with van der Waals surface area (Å²) in [5, 5.41) is 8.04. The lowest BCUT2D eigenvalue weighted by Gasteiger charge is -2.07. The highest BCUT2D eigenvalue weighted by atomic mass is 15.3. The average molecular weight is 255 g/mol. The molecule has 0 atom stereocenters. The molecule has 100 valence electrons. The van der Waals surface area contributed by atoms with E-state index in [0.717, 1.165) is 24.8 Å². The molecule has 0 unspecified atom stereocenters. The molecule has 3 rings (SSSR count).